The number of para-hydroxylation sites is 1. The van der Waals surface area contributed by atoms with Crippen molar-refractivity contribution in [3.05, 3.63) is 30.3 Å². The van der Waals surface area contributed by atoms with Crippen molar-refractivity contribution in [2.75, 3.05) is 19.7 Å². The molecule has 24 heavy (non-hydrogen) atoms. The van der Waals surface area contributed by atoms with Crippen LogP contribution in [-0.4, -0.2) is 42.8 Å². The van der Waals surface area contributed by atoms with E-state index in [4.69, 9.17) is 15.2 Å². The number of benzene rings is 1. The van der Waals surface area contributed by atoms with E-state index in [0.29, 0.717) is 12.0 Å². The van der Waals surface area contributed by atoms with Gasteiger partial charge in [0, 0.05) is 25.0 Å². The van der Waals surface area contributed by atoms with Crippen LogP contribution in [0.1, 0.15) is 38.5 Å². The van der Waals surface area contributed by atoms with E-state index in [1.54, 1.807) is 0 Å². The van der Waals surface area contributed by atoms with E-state index < -0.39 is 6.09 Å². The summed E-state index contributed by atoms with van der Waals surface area (Å²) in [7, 11) is 0. The number of ether oxygens (including phenoxy) is 2. The number of nitrogens with zero attached hydrogens (tertiary/aromatic N) is 1. The minimum absolute atomic E-state index is 0.00428. The predicted molar refractivity (Wildman–Crippen MR) is 92.9 cm³/mol. The molecule has 0 spiro atoms. The number of hydrogen-bond acceptors (Lipinski definition) is 4. The van der Waals surface area contributed by atoms with E-state index in [-0.39, 0.29) is 6.10 Å². The van der Waals surface area contributed by atoms with Gasteiger partial charge in [-0.1, -0.05) is 31.0 Å². The zero-order chi connectivity index (χ0) is 16.8. The molecule has 1 aliphatic carbocycles. The molecule has 1 heterocycles. The molecule has 1 amide bonds. The average Bonchev–Trinajstić information content (AvgIpc) is 2.61. The fourth-order valence-electron chi connectivity index (χ4n) is 4.25. The third kappa shape index (κ3) is 4.41. The summed E-state index contributed by atoms with van der Waals surface area (Å²) >= 11 is 0. The molecule has 1 aromatic rings. The third-order valence-corrected chi connectivity index (χ3v) is 5.30. The minimum atomic E-state index is -0.631. The molecule has 1 saturated carbocycles. The summed E-state index contributed by atoms with van der Waals surface area (Å²) < 4.78 is 11.2. The van der Waals surface area contributed by atoms with Crippen molar-refractivity contribution in [2.24, 2.45) is 11.7 Å². The Kier molecular flexibility index (Phi) is 5.96. The van der Waals surface area contributed by atoms with Crippen molar-refractivity contribution in [1.29, 1.82) is 0 Å². The van der Waals surface area contributed by atoms with Crippen molar-refractivity contribution in [3.8, 4) is 5.75 Å². The van der Waals surface area contributed by atoms with Crippen LogP contribution < -0.4 is 10.5 Å². The summed E-state index contributed by atoms with van der Waals surface area (Å²) in [6, 6.07) is 10.5. The van der Waals surface area contributed by atoms with Gasteiger partial charge in [-0.25, -0.2) is 4.79 Å². The van der Waals surface area contributed by atoms with E-state index in [0.717, 1.165) is 44.7 Å². The monoisotopic (exact) mass is 332 g/mol. The Hall–Kier alpha value is -1.75. The Morgan fingerprint density at radius 3 is 2.75 bits per heavy atom. The molecule has 2 N–H and O–H groups in total. The van der Waals surface area contributed by atoms with Gasteiger partial charge in [-0.3, -0.25) is 4.90 Å². The molecule has 3 atom stereocenters. The number of piperidine rings is 1. The molecule has 1 aromatic carbocycles. The fourth-order valence-corrected chi connectivity index (χ4v) is 4.25. The van der Waals surface area contributed by atoms with Crippen LogP contribution in [0.4, 0.5) is 4.79 Å². The van der Waals surface area contributed by atoms with Crippen LogP contribution in [0, 0.1) is 5.92 Å². The first-order valence-electron chi connectivity index (χ1n) is 9.12. The average molecular weight is 332 g/mol. The van der Waals surface area contributed by atoms with Crippen molar-refractivity contribution in [1.82, 2.24) is 4.90 Å². The predicted octanol–water partition coefficient (Wildman–Crippen LogP) is 3.18. The molecule has 0 radical (unpaired) electrons. The van der Waals surface area contributed by atoms with Gasteiger partial charge in [0.05, 0.1) is 6.61 Å². The van der Waals surface area contributed by atoms with Crippen LogP contribution in [0.25, 0.3) is 0 Å². The molecule has 1 unspecified atom stereocenters. The molecule has 3 rings (SSSR count). The number of fused-ring (bicyclic) bond motifs is 1. The summed E-state index contributed by atoms with van der Waals surface area (Å²) in [5.41, 5.74) is 5.24. The van der Waals surface area contributed by atoms with Crippen LogP contribution in [0.3, 0.4) is 0 Å². The van der Waals surface area contributed by atoms with Gasteiger partial charge in [0.2, 0.25) is 0 Å². The van der Waals surface area contributed by atoms with Crippen molar-refractivity contribution >= 4 is 6.09 Å². The molecule has 1 saturated heterocycles. The van der Waals surface area contributed by atoms with Gasteiger partial charge in [-0.15, -0.1) is 0 Å². The Morgan fingerprint density at radius 1 is 1.17 bits per heavy atom. The highest BCUT2D eigenvalue weighted by molar-refractivity contribution is 5.64. The number of likely N-dealkylation sites (tertiary alicyclic amines) is 1. The SMILES string of the molecule is NC(=O)O[C@H]1CCN(CCCOc2ccccc2)C2CCCC[C@H]21. The molecular weight excluding hydrogens is 304 g/mol. The zero-order valence-corrected chi connectivity index (χ0v) is 14.2. The van der Waals surface area contributed by atoms with Gasteiger partial charge in [0.15, 0.2) is 0 Å². The Labute approximate surface area is 144 Å². The fraction of sp³-hybridized carbons (Fsp3) is 0.632. The highest BCUT2D eigenvalue weighted by Gasteiger charge is 2.40. The Morgan fingerprint density at radius 2 is 1.96 bits per heavy atom. The first kappa shape index (κ1) is 17.1. The second-order valence-electron chi connectivity index (χ2n) is 6.83. The van der Waals surface area contributed by atoms with Crippen molar-refractivity contribution in [3.63, 3.8) is 0 Å². The van der Waals surface area contributed by atoms with E-state index in [1.165, 1.54) is 19.3 Å². The van der Waals surface area contributed by atoms with Crippen molar-refractivity contribution < 1.29 is 14.3 Å². The second-order valence-corrected chi connectivity index (χ2v) is 6.83. The van der Waals surface area contributed by atoms with Crippen LogP contribution >= 0.6 is 0 Å². The molecule has 2 aliphatic rings. The van der Waals surface area contributed by atoms with Gasteiger partial charge in [0.25, 0.3) is 0 Å². The molecule has 132 valence electrons. The molecule has 0 aromatic heterocycles. The first-order chi connectivity index (χ1) is 11.7. The molecule has 5 heteroatoms. The summed E-state index contributed by atoms with van der Waals surface area (Å²) in [4.78, 5) is 13.7. The highest BCUT2D eigenvalue weighted by Crippen LogP contribution is 2.37. The number of carbonyl (C=O) groups excluding carboxylic acids is 1. The van der Waals surface area contributed by atoms with Crippen LogP contribution in [-0.2, 0) is 4.74 Å². The zero-order valence-electron chi connectivity index (χ0n) is 14.2. The third-order valence-electron chi connectivity index (χ3n) is 5.30. The van der Waals surface area contributed by atoms with Gasteiger partial charge < -0.3 is 15.2 Å². The number of carbonyl (C=O) groups is 1. The Balaban J connectivity index is 1.48. The van der Waals surface area contributed by atoms with Gasteiger partial charge in [-0.2, -0.15) is 0 Å². The lowest BCUT2D eigenvalue weighted by Gasteiger charge is -2.47. The molecule has 1 aliphatic heterocycles. The normalized spacial score (nSPS) is 27.2. The topological polar surface area (TPSA) is 64.8 Å². The molecular formula is C19H28N2O3. The smallest absolute Gasteiger partial charge is 0.404 e. The van der Waals surface area contributed by atoms with Gasteiger partial charge in [0.1, 0.15) is 11.9 Å². The number of primary amides is 1. The van der Waals surface area contributed by atoms with E-state index in [9.17, 15) is 4.79 Å². The quantitative estimate of drug-likeness (QED) is 0.813. The maximum atomic E-state index is 11.1. The van der Waals surface area contributed by atoms with Crippen LogP contribution in [0.5, 0.6) is 5.75 Å². The van der Waals surface area contributed by atoms with Crippen molar-refractivity contribution in [2.45, 2.75) is 50.7 Å². The minimum Gasteiger partial charge on any atom is -0.494 e. The standard InChI is InChI=1S/C19H28N2O3/c20-19(22)24-18-11-13-21(17-10-5-4-9-16(17)18)12-6-14-23-15-7-2-1-3-8-15/h1-3,7-8,16-18H,4-6,9-14H2,(H2,20,22)/t16-,17?,18+/m1/s1. The molecule has 5 nitrogen and oxygen atoms in total. The molecule has 0 bridgehead atoms. The summed E-state index contributed by atoms with van der Waals surface area (Å²) in [6.45, 7) is 2.75. The lowest BCUT2D eigenvalue weighted by atomic mass is 9.76. The number of nitrogens with two attached hydrogens (primary N) is 1. The van der Waals surface area contributed by atoms with Gasteiger partial charge >= 0.3 is 6.09 Å². The second kappa shape index (κ2) is 8.38. The van der Waals surface area contributed by atoms with Crippen LogP contribution in [0.2, 0.25) is 0 Å². The maximum absolute atomic E-state index is 11.1. The number of amides is 1. The summed E-state index contributed by atoms with van der Waals surface area (Å²) in [5.74, 6) is 1.37. The van der Waals surface area contributed by atoms with Gasteiger partial charge in [-0.05, 0) is 37.8 Å². The van der Waals surface area contributed by atoms with E-state index in [2.05, 4.69) is 4.90 Å². The Bertz CT molecular complexity index is 523. The maximum Gasteiger partial charge on any atom is 0.404 e. The summed E-state index contributed by atoms with van der Waals surface area (Å²) in [6.07, 6.45) is 6.11. The van der Waals surface area contributed by atoms with E-state index >= 15 is 0 Å². The molecule has 2 fully saturated rings. The number of rotatable bonds is 6. The van der Waals surface area contributed by atoms with E-state index in [1.807, 2.05) is 30.3 Å². The highest BCUT2D eigenvalue weighted by atomic mass is 16.6. The lowest BCUT2D eigenvalue weighted by molar-refractivity contribution is -0.0423. The van der Waals surface area contributed by atoms with Crippen LogP contribution in [0.15, 0.2) is 30.3 Å². The first-order valence-corrected chi connectivity index (χ1v) is 9.12. The lowest BCUT2D eigenvalue weighted by Crippen LogP contribution is -2.54. The summed E-state index contributed by atoms with van der Waals surface area (Å²) in [5, 5.41) is 0. The largest absolute Gasteiger partial charge is 0.494 e. The number of hydrogen-bond donors (Lipinski definition) is 1.